The van der Waals surface area contributed by atoms with Crippen LogP contribution in [-0.2, 0) is 37.7 Å². The molecule has 57 heavy (non-hydrogen) atoms. The van der Waals surface area contributed by atoms with E-state index in [0.717, 1.165) is 46.3 Å². The molecule has 0 aromatic heterocycles. The monoisotopic (exact) mass is 862 g/mol. The number of hydrogen-bond donors (Lipinski definition) is 4. The second-order valence-corrected chi connectivity index (χ2v) is 21.3. The highest BCUT2D eigenvalue weighted by atomic mass is 79.9. The largest absolute Gasteiger partial charge is 0.494 e. The zero-order valence-electron chi connectivity index (χ0n) is 33.2. The summed E-state index contributed by atoms with van der Waals surface area (Å²) >= 11 is 3.63. The Labute approximate surface area is 344 Å². The average molecular weight is 864 g/mol. The molecule has 0 aliphatic carbocycles. The van der Waals surface area contributed by atoms with Gasteiger partial charge in [-0.25, -0.2) is 0 Å². The van der Waals surface area contributed by atoms with Crippen molar-refractivity contribution in [1.82, 2.24) is 10.2 Å². The zero-order chi connectivity index (χ0) is 40.6. The Balaban J connectivity index is 1.21. The van der Waals surface area contributed by atoms with E-state index in [-0.39, 0.29) is 49.9 Å². The number of aliphatic hydroxyl groups is 2. The van der Waals surface area contributed by atoms with Gasteiger partial charge in [0.15, 0.2) is 13.9 Å². The van der Waals surface area contributed by atoms with Crippen LogP contribution in [0.25, 0.3) is 0 Å². The van der Waals surface area contributed by atoms with Crippen LogP contribution >= 0.6 is 15.9 Å². The first-order valence-electron chi connectivity index (χ1n) is 20.3. The number of halogens is 1. The van der Waals surface area contributed by atoms with Crippen molar-refractivity contribution in [2.75, 3.05) is 42.7 Å². The van der Waals surface area contributed by atoms with Gasteiger partial charge >= 0.3 is 0 Å². The number of carbonyl (C=O) groups excluding carboxylic acids is 3. The van der Waals surface area contributed by atoms with E-state index in [1.165, 1.54) is 0 Å². The summed E-state index contributed by atoms with van der Waals surface area (Å²) in [4.78, 5) is 60.1. The summed E-state index contributed by atoms with van der Waals surface area (Å²) in [5.41, 5.74) is 2.75. The molecule has 0 bridgehead atoms. The van der Waals surface area contributed by atoms with Crippen LogP contribution in [-0.4, -0.2) is 97.0 Å². The van der Waals surface area contributed by atoms with Crippen molar-refractivity contribution in [3.63, 3.8) is 0 Å². The molecule has 306 valence electrons. The standard InChI is InChI=1S/C43H55BrN4O8Si/c1-5-55-33-14-16-36-29(21-33)22-35(45-17-6-7-19-49)41(52)48(36)31-11-8-10-28(20-31)25-47-37-15-13-30(44)23-34(37)43(42(47)53)27(2)40(57(3,4)54)38(56-43)24-39(51)46-18-9-12-32(46)26-50/h8,10-11,13-16,20-21,23,27,32,35,38,40,45,49-50,54H,5-7,9,12,17-19,22,24-26H2,1-4H3/t27-,32-,35?,38+,40-,43+/m0/s1. The number of ether oxygens (including phenoxy) is 2. The van der Waals surface area contributed by atoms with E-state index in [1.807, 2.05) is 87.6 Å². The zero-order valence-corrected chi connectivity index (χ0v) is 35.8. The maximum Gasteiger partial charge on any atom is 0.264 e. The summed E-state index contributed by atoms with van der Waals surface area (Å²) in [6.45, 7) is 9.45. The number of hydrogen-bond acceptors (Lipinski definition) is 9. The third-order valence-electron chi connectivity index (χ3n) is 12.3. The molecule has 6 atom stereocenters. The fourth-order valence-corrected chi connectivity index (χ4v) is 12.7. The second-order valence-electron chi connectivity index (χ2n) is 16.4. The van der Waals surface area contributed by atoms with Crippen molar-refractivity contribution in [3.05, 3.63) is 81.8 Å². The van der Waals surface area contributed by atoms with E-state index in [1.54, 1.807) is 14.7 Å². The van der Waals surface area contributed by atoms with Crippen LogP contribution in [0.15, 0.2) is 65.1 Å². The van der Waals surface area contributed by atoms with Crippen LogP contribution in [0.2, 0.25) is 18.6 Å². The minimum Gasteiger partial charge on any atom is -0.494 e. The lowest BCUT2D eigenvalue weighted by atomic mass is 9.82. The van der Waals surface area contributed by atoms with Gasteiger partial charge in [-0.3, -0.25) is 19.3 Å². The van der Waals surface area contributed by atoms with E-state index in [4.69, 9.17) is 9.47 Å². The quantitative estimate of drug-likeness (QED) is 0.121. The fourth-order valence-electron chi connectivity index (χ4n) is 9.75. The number of nitrogens with zero attached hydrogens (tertiary/aromatic N) is 3. The molecule has 14 heteroatoms. The summed E-state index contributed by atoms with van der Waals surface area (Å²) in [6.07, 6.45) is 2.76. The molecule has 4 heterocycles. The predicted octanol–water partition coefficient (Wildman–Crippen LogP) is 5.52. The normalized spacial score (nSPS) is 25.8. The van der Waals surface area contributed by atoms with E-state index in [9.17, 15) is 24.6 Å². The SMILES string of the molecule is CCOc1ccc2c(c1)CC(NCCCCO)C(=O)N2c1cccc(CN2C(=O)[C@]3(O[C@H](CC(=O)N4CCC[C@H]4CO)[C@@H]([Si](C)(C)O)[C@@H]3C)c3cc(Br)ccc32)c1. The number of likely N-dealkylation sites (tertiary alicyclic amines) is 1. The van der Waals surface area contributed by atoms with Gasteiger partial charge < -0.3 is 39.6 Å². The second kappa shape index (κ2) is 16.9. The third-order valence-corrected chi connectivity index (χ3v) is 15.3. The maximum atomic E-state index is 15.1. The molecule has 3 aromatic carbocycles. The Kier molecular flexibility index (Phi) is 12.3. The van der Waals surface area contributed by atoms with Crippen LogP contribution in [0.3, 0.4) is 0 Å². The van der Waals surface area contributed by atoms with Gasteiger partial charge in [0.2, 0.25) is 11.8 Å². The van der Waals surface area contributed by atoms with Crippen molar-refractivity contribution in [1.29, 1.82) is 0 Å². The Morgan fingerprint density at radius 2 is 1.86 bits per heavy atom. The summed E-state index contributed by atoms with van der Waals surface area (Å²) in [5.74, 6) is -0.190. The fraction of sp³-hybridized carbons (Fsp3) is 0.512. The van der Waals surface area contributed by atoms with Crippen LogP contribution in [0.4, 0.5) is 17.1 Å². The topological polar surface area (TPSA) is 152 Å². The molecule has 3 amide bonds. The molecule has 4 aliphatic rings. The van der Waals surface area contributed by atoms with E-state index in [2.05, 4.69) is 21.2 Å². The van der Waals surface area contributed by atoms with Gasteiger partial charge in [0, 0.05) is 40.3 Å². The number of benzene rings is 3. The number of aliphatic hydroxyl groups excluding tert-OH is 2. The lowest BCUT2D eigenvalue weighted by Crippen LogP contribution is -2.49. The molecule has 7 rings (SSSR count). The highest BCUT2D eigenvalue weighted by molar-refractivity contribution is 9.10. The molecule has 1 unspecified atom stereocenters. The Morgan fingerprint density at radius 3 is 2.60 bits per heavy atom. The molecular formula is C43H55BrN4O8Si. The van der Waals surface area contributed by atoms with Crippen molar-refractivity contribution in [2.24, 2.45) is 5.92 Å². The van der Waals surface area contributed by atoms with Crippen LogP contribution in [0, 0.1) is 5.92 Å². The number of rotatable bonds is 14. The van der Waals surface area contributed by atoms with Gasteiger partial charge in [-0.2, -0.15) is 0 Å². The summed E-state index contributed by atoms with van der Waals surface area (Å²) in [7, 11) is -3.01. The number of nitrogens with one attached hydrogen (secondary N) is 1. The molecule has 3 aromatic rings. The van der Waals surface area contributed by atoms with Crippen LogP contribution in [0.1, 0.15) is 62.6 Å². The Morgan fingerprint density at radius 1 is 1.07 bits per heavy atom. The lowest BCUT2D eigenvalue weighted by molar-refractivity contribution is -0.150. The summed E-state index contributed by atoms with van der Waals surface area (Å²) in [5, 5.41) is 22.7. The van der Waals surface area contributed by atoms with E-state index in [0.29, 0.717) is 49.5 Å². The molecule has 4 aliphatic heterocycles. The lowest BCUT2D eigenvalue weighted by Gasteiger charge is -2.35. The molecule has 2 saturated heterocycles. The van der Waals surface area contributed by atoms with Gasteiger partial charge in [0.05, 0.1) is 55.7 Å². The Bertz CT molecular complexity index is 1990. The summed E-state index contributed by atoms with van der Waals surface area (Å²) < 4.78 is 13.5. The average Bonchev–Trinajstić information content (AvgIpc) is 3.84. The molecule has 0 saturated carbocycles. The van der Waals surface area contributed by atoms with E-state index < -0.39 is 37.5 Å². The van der Waals surface area contributed by atoms with Crippen molar-refractivity contribution in [3.8, 4) is 5.75 Å². The molecule has 12 nitrogen and oxygen atoms in total. The first-order valence-corrected chi connectivity index (χ1v) is 24.1. The molecule has 2 fully saturated rings. The van der Waals surface area contributed by atoms with Gasteiger partial charge in [-0.1, -0.05) is 35.0 Å². The van der Waals surface area contributed by atoms with Crippen molar-refractivity contribution in [2.45, 2.75) is 101 Å². The number of amides is 3. The number of fused-ring (bicyclic) bond motifs is 3. The predicted molar refractivity (Wildman–Crippen MR) is 224 cm³/mol. The smallest absolute Gasteiger partial charge is 0.264 e. The van der Waals surface area contributed by atoms with Crippen LogP contribution in [0.5, 0.6) is 5.75 Å². The van der Waals surface area contributed by atoms with Gasteiger partial charge in [-0.15, -0.1) is 0 Å². The van der Waals surface area contributed by atoms with Crippen molar-refractivity contribution >= 4 is 59.0 Å². The molecule has 0 radical (unpaired) electrons. The highest BCUT2D eigenvalue weighted by Crippen LogP contribution is 2.60. The Hall–Kier alpha value is -3.63. The van der Waals surface area contributed by atoms with Gasteiger partial charge in [-0.05, 0) is 118 Å². The number of carbonyl (C=O) groups is 3. The highest BCUT2D eigenvalue weighted by Gasteiger charge is 2.66. The minimum atomic E-state index is -3.01. The first kappa shape index (κ1) is 41.5. The molecule has 4 N–H and O–H groups in total. The first-order chi connectivity index (χ1) is 27.3. The molecular weight excluding hydrogens is 808 g/mol. The van der Waals surface area contributed by atoms with E-state index >= 15 is 4.79 Å². The maximum absolute atomic E-state index is 15.1. The minimum absolute atomic E-state index is 0.0115. The van der Waals surface area contributed by atoms with Crippen LogP contribution < -0.4 is 19.9 Å². The number of anilines is 3. The third kappa shape index (κ3) is 7.82. The number of unbranched alkanes of at least 4 members (excludes halogenated alkanes) is 1. The molecule has 1 spiro atoms. The van der Waals surface area contributed by atoms with Gasteiger partial charge in [0.25, 0.3) is 5.91 Å². The summed E-state index contributed by atoms with van der Waals surface area (Å²) in [6, 6.07) is 18.5. The van der Waals surface area contributed by atoms with Gasteiger partial charge in [0.1, 0.15) is 5.75 Å². The van der Waals surface area contributed by atoms with Crippen molar-refractivity contribution < 1.29 is 38.9 Å².